The highest BCUT2D eigenvalue weighted by atomic mass is 32.1. The van der Waals surface area contributed by atoms with Gasteiger partial charge in [-0.2, -0.15) is 0 Å². The summed E-state index contributed by atoms with van der Waals surface area (Å²) in [6, 6.07) is 16.3. The van der Waals surface area contributed by atoms with Gasteiger partial charge in [-0.15, -0.1) is 0 Å². The molecule has 0 saturated carbocycles. The third-order valence-corrected chi connectivity index (χ3v) is 3.58. The van der Waals surface area contributed by atoms with Gasteiger partial charge < -0.3 is 0 Å². The number of nitrogens with zero attached hydrogens (tertiary/aromatic N) is 2. The summed E-state index contributed by atoms with van der Waals surface area (Å²) in [5.74, 6) is 0. The highest BCUT2D eigenvalue weighted by Gasteiger charge is 2.01. The van der Waals surface area contributed by atoms with E-state index in [0.717, 1.165) is 16.2 Å². The molecule has 2 nitrogen and oxygen atoms in total. The summed E-state index contributed by atoms with van der Waals surface area (Å²) in [4.78, 5) is 8.92. The van der Waals surface area contributed by atoms with Crippen LogP contribution in [0, 0.1) is 6.92 Å². The van der Waals surface area contributed by atoms with Crippen molar-refractivity contribution in [2.75, 3.05) is 0 Å². The molecule has 0 aliphatic rings. The van der Waals surface area contributed by atoms with Crippen LogP contribution in [0.1, 0.15) is 11.1 Å². The molecule has 0 atom stereocenters. The van der Waals surface area contributed by atoms with E-state index >= 15 is 0 Å². The fraction of sp³-hybridized carbons (Fsp3) is 0.0667. The molecule has 18 heavy (non-hydrogen) atoms. The molecule has 3 heteroatoms. The number of thiazole rings is 1. The summed E-state index contributed by atoms with van der Waals surface area (Å²) in [5.41, 5.74) is 3.36. The molecular weight excluding hydrogens is 240 g/mol. The van der Waals surface area contributed by atoms with E-state index < -0.39 is 0 Å². The van der Waals surface area contributed by atoms with Gasteiger partial charge in [-0.25, -0.2) is 9.98 Å². The van der Waals surface area contributed by atoms with Crippen molar-refractivity contribution in [3.05, 3.63) is 59.7 Å². The Morgan fingerprint density at radius 2 is 1.94 bits per heavy atom. The van der Waals surface area contributed by atoms with E-state index in [9.17, 15) is 0 Å². The Hall–Kier alpha value is -2.00. The molecule has 2 aromatic carbocycles. The van der Waals surface area contributed by atoms with Gasteiger partial charge in [-0.05, 0) is 30.2 Å². The minimum atomic E-state index is 0.805. The Morgan fingerprint density at radius 3 is 2.78 bits per heavy atom. The van der Waals surface area contributed by atoms with Crippen LogP contribution < -0.4 is 0 Å². The van der Waals surface area contributed by atoms with Crippen LogP contribution in [0.25, 0.3) is 10.2 Å². The first-order valence-corrected chi connectivity index (χ1v) is 6.59. The average molecular weight is 252 g/mol. The van der Waals surface area contributed by atoms with Crippen molar-refractivity contribution in [2.45, 2.75) is 6.92 Å². The van der Waals surface area contributed by atoms with E-state index in [1.54, 1.807) is 11.3 Å². The average Bonchev–Trinajstić information content (AvgIpc) is 2.79. The molecule has 0 fully saturated rings. The van der Waals surface area contributed by atoms with E-state index in [-0.39, 0.29) is 0 Å². The highest BCUT2D eigenvalue weighted by molar-refractivity contribution is 7.22. The van der Waals surface area contributed by atoms with Crippen LogP contribution in [0.3, 0.4) is 0 Å². The highest BCUT2D eigenvalue weighted by Crippen LogP contribution is 2.28. The zero-order chi connectivity index (χ0) is 12.4. The Bertz CT molecular complexity index is 699. The first-order valence-electron chi connectivity index (χ1n) is 5.77. The molecule has 0 bridgehead atoms. The molecule has 3 rings (SSSR count). The van der Waals surface area contributed by atoms with Gasteiger partial charge in [0.25, 0.3) is 0 Å². The number of rotatable bonds is 2. The van der Waals surface area contributed by atoms with Crippen LogP contribution in [0.2, 0.25) is 0 Å². The molecule has 0 radical (unpaired) electrons. The van der Waals surface area contributed by atoms with Gasteiger partial charge >= 0.3 is 0 Å². The molecule has 1 heterocycles. The fourth-order valence-electron chi connectivity index (χ4n) is 1.74. The van der Waals surface area contributed by atoms with Gasteiger partial charge in [-0.3, -0.25) is 0 Å². The van der Waals surface area contributed by atoms with Crippen molar-refractivity contribution in [3.8, 4) is 0 Å². The summed E-state index contributed by atoms with van der Waals surface area (Å²) >= 11 is 1.62. The van der Waals surface area contributed by atoms with Crippen molar-refractivity contribution in [1.82, 2.24) is 4.98 Å². The first kappa shape index (κ1) is 11.1. The molecule has 0 aliphatic heterocycles. The van der Waals surface area contributed by atoms with Crippen LogP contribution in [0.15, 0.2) is 53.5 Å². The van der Waals surface area contributed by atoms with Gasteiger partial charge in [-0.1, -0.05) is 47.7 Å². The van der Waals surface area contributed by atoms with E-state index in [1.807, 2.05) is 42.6 Å². The normalized spacial score (nSPS) is 11.4. The standard InChI is InChI=1S/C15H12N2S/c1-11-7-8-13-14(9-11)18-15(17-13)16-10-12-5-3-2-4-6-12/h2-10H,1H3. The summed E-state index contributed by atoms with van der Waals surface area (Å²) in [5, 5.41) is 0.805. The molecule has 0 saturated heterocycles. The zero-order valence-electron chi connectivity index (χ0n) is 10.00. The van der Waals surface area contributed by atoms with Gasteiger partial charge in [0.15, 0.2) is 0 Å². The van der Waals surface area contributed by atoms with E-state index in [4.69, 9.17) is 0 Å². The third kappa shape index (κ3) is 2.31. The minimum absolute atomic E-state index is 0.805. The Morgan fingerprint density at radius 1 is 1.11 bits per heavy atom. The molecule has 0 unspecified atom stereocenters. The Labute approximate surface area is 110 Å². The largest absolute Gasteiger partial charge is 0.227 e. The summed E-state index contributed by atoms with van der Waals surface area (Å²) < 4.78 is 1.19. The van der Waals surface area contributed by atoms with Gasteiger partial charge in [0, 0.05) is 6.21 Å². The molecule has 1 aromatic heterocycles. The first-order chi connectivity index (χ1) is 8.81. The Kier molecular flexibility index (Phi) is 2.90. The molecule has 88 valence electrons. The molecule has 0 spiro atoms. The topological polar surface area (TPSA) is 25.2 Å². The number of fused-ring (bicyclic) bond motifs is 1. The quantitative estimate of drug-likeness (QED) is 0.622. The van der Waals surface area contributed by atoms with Crippen LogP contribution in [-0.2, 0) is 0 Å². The Balaban J connectivity index is 1.93. The lowest BCUT2D eigenvalue weighted by Gasteiger charge is -1.88. The molecular formula is C15H12N2S. The minimum Gasteiger partial charge on any atom is -0.227 e. The van der Waals surface area contributed by atoms with Gasteiger partial charge in [0.2, 0.25) is 5.13 Å². The maximum absolute atomic E-state index is 4.49. The lowest BCUT2D eigenvalue weighted by atomic mass is 10.2. The van der Waals surface area contributed by atoms with Crippen LogP contribution >= 0.6 is 11.3 Å². The molecule has 3 aromatic rings. The predicted octanol–water partition coefficient (Wildman–Crippen LogP) is 4.36. The lowest BCUT2D eigenvalue weighted by Crippen LogP contribution is -1.77. The second kappa shape index (κ2) is 4.70. The number of aliphatic imine (C=N–C) groups is 1. The zero-order valence-corrected chi connectivity index (χ0v) is 10.8. The summed E-state index contributed by atoms with van der Waals surface area (Å²) in [6.07, 6.45) is 1.85. The van der Waals surface area contributed by atoms with Crippen molar-refractivity contribution in [3.63, 3.8) is 0 Å². The van der Waals surface area contributed by atoms with Crippen molar-refractivity contribution in [2.24, 2.45) is 4.99 Å². The van der Waals surface area contributed by atoms with Crippen molar-refractivity contribution < 1.29 is 0 Å². The lowest BCUT2D eigenvalue weighted by molar-refractivity contribution is 1.40. The summed E-state index contributed by atoms with van der Waals surface area (Å²) in [7, 11) is 0. The number of benzene rings is 2. The second-order valence-corrected chi connectivity index (χ2v) is 5.15. The van der Waals surface area contributed by atoms with Gasteiger partial charge in [0.1, 0.15) is 0 Å². The van der Waals surface area contributed by atoms with E-state index in [2.05, 4.69) is 29.0 Å². The van der Waals surface area contributed by atoms with Crippen molar-refractivity contribution in [1.29, 1.82) is 0 Å². The molecule has 0 amide bonds. The maximum atomic E-state index is 4.49. The number of hydrogen-bond donors (Lipinski definition) is 0. The van der Waals surface area contributed by atoms with E-state index in [1.165, 1.54) is 10.3 Å². The number of aromatic nitrogens is 1. The fourth-order valence-corrected chi connectivity index (χ4v) is 2.65. The van der Waals surface area contributed by atoms with Crippen LogP contribution in [0.5, 0.6) is 0 Å². The maximum Gasteiger partial charge on any atom is 0.210 e. The SMILES string of the molecule is Cc1ccc2nc(N=Cc3ccccc3)sc2c1. The number of hydrogen-bond acceptors (Lipinski definition) is 3. The summed E-state index contributed by atoms with van der Waals surface area (Å²) in [6.45, 7) is 2.09. The predicted molar refractivity (Wildman–Crippen MR) is 78.1 cm³/mol. The third-order valence-electron chi connectivity index (χ3n) is 2.66. The van der Waals surface area contributed by atoms with Gasteiger partial charge in [0.05, 0.1) is 10.2 Å². The van der Waals surface area contributed by atoms with E-state index in [0.29, 0.717) is 0 Å². The second-order valence-electron chi connectivity index (χ2n) is 4.14. The van der Waals surface area contributed by atoms with Crippen molar-refractivity contribution >= 4 is 32.9 Å². The van der Waals surface area contributed by atoms with Crippen LogP contribution in [0.4, 0.5) is 5.13 Å². The van der Waals surface area contributed by atoms with Crippen LogP contribution in [-0.4, -0.2) is 11.2 Å². The molecule has 0 aliphatic carbocycles. The number of aryl methyl sites for hydroxylation is 1. The molecule has 0 N–H and O–H groups in total. The smallest absolute Gasteiger partial charge is 0.210 e. The monoisotopic (exact) mass is 252 g/mol.